The number of amides is 1. The van der Waals surface area contributed by atoms with Crippen LogP contribution < -0.4 is 11.3 Å². The van der Waals surface area contributed by atoms with E-state index in [9.17, 15) is 4.79 Å². The second kappa shape index (κ2) is 1.61. The lowest BCUT2D eigenvalue weighted by Gasteiger charge is -1.82. The highest BCUT2D eigenvalue weighted by molar-refractivity contribution is 6.62. The summed E-state index contributed by atoms with van der Waals surface area (Å²) in [4.78, 5) is 10.4. The van der Waals surface area contributed by atoms with Crippen LogP contribution in [0.1, 0.15) is 0 Å². The summed E-state index contributed by atoms with van der Waals surface area (Å²) in [6, 6.07) is 0. The Kier molecular flexibility index (Phi) is 0.957. The molecule has 0 aromatic heterocycles. The summed E-state index contributed by atoms with van der Waals surface area (Å²) in [5, 5.41) is 6.51. The fraction of sp³-hybridized carbons (Fsp3) is 0. The fourth-order valence-corrected chi connectivity index (χ4v) is 0.360. The number of nitrogens with two attached hydrogens (primary N) is 1. The molecule has 0 aromatic rings. The van der Waals surface area contributed by atoms with E-state index in [1.807, 2.05) is 0 Å². The van der Waals surface area contributed by atoms with Crippen LogP contribution in [0.25, 0.3) is 0 Å². The van der Waals surface area contributed by atoms with Gasteiger partial charge in [-0.25, -0.2) is 5.43 Å². The highest BCUT2D eigenvalue weighted by atomic mass is 16.2. The number of nitrogens with one attached hydrogen (secondary N) is 1. The predicted molar refractivity (Wildman–Crippen MR) is 28.3 cm³/mol. The van der Waals surface area contributed by atoms with Crippen molar-refractivity contribution in [2.75, 3.05) is 0 Å². The molecule has 1 amide bonds. The minimum absolute atomic E-state index is 0.157. The minimum Gasteiger partial charge on any atom is -0.322 e. The monoisotopic (exact) mass is 112 g/mol. The van der Waals surface area contributed by atoms with E-state index in [0.29, 0.717) is 0 Å². The van der Waals surface area contributed by atoms with Gasteiger partial charge >= 0.3 is 0 Å². The Morgan fingerprint density at radius 2 is 2.62 bits per heavy atom. The van der Waals surface area contributed by atoms with Crippen molar-refractivity contribution in [1.29, 1.82) is 0 Å². The fourth-order valence-electron chi connectivity index (χ4n) is 0.360. The van der Waals surface area contributed by atoms with Crippen molar-refractivity contribution in [2.24, 2.45) is 16.0 Å². The number of carbonyl (C=O) groups excluding carboxylic acids is 1. The number of nitrogens with zero attached hydrogens (tertiary/aromatic N) is 2. The number of hydrogen-bond donors (Lipinski definition) is 2. The number of hydrogen-bond acceptors (Lipinski definition) is 4. The first-order chi connectivity index (χ1) is 3.84. The molecule has 8 heavy (non-hydrogen) atoms. The SMILES string of the molecule is N/N=C1/C=NNC1=O. The molecule has 0 aromatic carbocycles. The van der Waals surface area contributed by atoms with Crippen LogP contribution in [0.5, 0.6) is 0 Å². The van der Waals surface area contributed by atoms with E-state index >= 15 is 0 Å². The molecule has 42 valence electrons. The van der Waals surface area contributed by atoms with Gasteiger partial charge in [-0.1, -0.05) is 0 Å². The van der Waals surface area contributed by atoms with Crippen LogP contribution in [0.2, 0.25) is 0 Å². The van der Waals surface area contributed by atoms with Gasteiger partial charge in [-0.3, -0.25) is 4.79 Å². The van der Waals surface area contributed by atoms with E-state index < -0.39 is 0 Å². The van der Waals surface area contributed by atoms with Gasteiger partial charge in [0, 0.05) is 0 Å². The molecule has 1 aliphatic heterocycles. The second-order valence-corrected chi connectivity index (χ2v) is 1.21. The molecule has 0 atom stereocenters. The normalized spacial score (nSPS) is 22.0. The first-order valence-electron chi connectivity index (χ1n) is 1.96. The Balaban J connectivity index is 2.82. The molecule has 0 fully saturated rings. The molecule has 5 nitrogen and oxygen atoms in total. The van der Waals surface area contributed by atoms with Gasteiger partial charge in [-0.15, -0.1) is 0 Å². The van der Waals surface area contributed by atoms with Crippen LogP contribution >= 0.6 is 0 Å². The van der Waals surface area contributed by atoms with E-state index in [4.69, 9.17) is 5.84 Å². The lowest BCUT2D eigenvalue weighted by Crippen LogP contribution is -2.20. The summed E-state index contributed by atoms with van der Waals surface area (Å²) in [6.07, 6.45) is 1.27. The molecular formula is C3H4N4O. The maximum absolute atomic E-state index is 10.4. The topological polar surface area (TPSA) is 79.8 Å². The molecule has 5 heteroatoms. The Bertz CT molecular complexity index is 170. The molecule has 0 radical (unpaired) electrons. The lowest BCUT2D eigenvalue weighted by atomic mass is 10.4. The van der Waals surface area contributed by atoms with Gasteiger partial charge in [0.25, 0.3) is 5.91 Å². The molecule has 0 spiro atoms. The molecule has 0 aliphatic carbocycles. The Hall–Kier alpha value is -1.39. The van der Waals surface area contributed by atoms with Gasteiger partial charge < -0.3 is 5.84 Å². The van der Waals surface area contributed by atoms with E-state index in [1.165, 1.54) is 6.21 Å². The van der Waals surface area contributed by atoms with Gasteiger partial charge in [0.05, 0.1) is 6.21 Å². The van der Waals surface area contributed by atoms with Crippen LogP contribution in [0, 0.1) is 0 Å². The third kappa shape index (κ3) is 0.534. The molecule has 1 rings (SSSR count). The highest BCUT2D eigenvalue weighted by Gasteiger charge is 2.12. The summed E-state index contributed by atoms with van der Waals surface area (Å²) >= 11 is 0. The molecule has 0 saturated carbocycles. The van der Waals surface area contributed by atoms with Gasteiger partial charge in [-0.05, 0) is 0 Å². The minimum atomic E-state index is -0.354. The Morgan fingerprint density at radius 1 is 1.88 bits per heavy atom. The van der Waals surface area contributed by atoms with E-state index in [1.54, 1.807) is 0 Å². The van der Waals surface area contributed by atoms with Gasteiger partial charge in [-0.2, -0.15) is 10.2 Å². The zero-order valence-electron chi connectivity index (χ0n) is 3.96. The van der Waals surface area contributed by atoms with Crippen molar-refractivity contribution in [2.45, 2.75) is 0 Å². The summed E-state index contributed by atoms with van der Waals surface area (Å²) < 4.78 is 0. The number of hydrazone groups is 2. The predicted octanol–water partition coefficient (Wildman–Crippen LogP) is -1.58. The van der Waals surface area contributed by atoms with Crippen LogP contribution in [0.3, 0.4) is 0 Å². The van der Waals surface area contributed by atoms with Crippen molar-refractivity contribution in [3.63, 3.8) is 0 Å². The average Bonchev–Trinajstić information content (AvgIpc) is 2.14. The Morgan fingerprint density at radius 3 is 2.88 bits per heavy atom. The average molecular weight is 112 g/mol. The zero-order valence-corrected chi connectivity index (χ0v) is 3.96. The quantitative estimate of drug-likeness (QED) is 0.293. The van der Waals surface area contributed by atoms with Crippen LogP contribution in [-0.2, 0) is 4.79 Å². The van der Waals surface area contributed by atoms with Crippen molar-refractivity contribution in [3.8, 4) is 0 Å². The smallest absolute Gasteiger partial charge is 0.293 e. The summed E-state index contributed by atoms with van der Waals surface area (Å²) in [6.45, 7) is 0. The van der Waals surface area contributed by atoms with Crippen LogP contribution in [0.15, 0.2) is 10.2 Å². The molecular weight excluding hydrogens is 108 g/mol. The third-order valence-corrected chi connectivity index (χ3v) is 0.725. The van der Waals surface area contributed by atoms with E-state index in [2.05, 4.69) is 15.6 Å². The van der Waals surface area contributed by atoms with Crippen LogP contribution in [-0.4, -0.2) is 17.8 Å². The molecule has 1 aliphatic rings. The maximum atomic E-state index is 10.4. The van der Waals surface area contributed by atoms with Gasteiger partial charge in [0.2, 0.25) is 0 Å². The van der Waals surface area contributed by atoms with E-state index in [0.717, 1.165) is 0 Å². The first-order valence-corrected chi connectivity index (χ1v) is 1.96. The van der Waals surface area contributed by atoms with Crippen molar-refractivity contribution in [3.05, 3.63) is 0 Å². The van der Waals surface area contributed by atoms with Crippen molar-refractivity contribution >= 4 is 17.8 Å². The largest absolute Gasteiger partial charge is 0.322 e. The maximum Gasteiger partial charge on any atom is 0.293 e. The molecule has 1 heterocycles. The molecule has 0 unspecified atom stereocenters. The van der Waals surface area contributed by atoms with Crippen molar-refractivity contribution in [1.82, 2.24) is 5.43 Å². The number of rotatable bonds is 0. The summed E-state index contributed by atoms with van der Waals surface area (Å²) in [5.41, 5.74) is 2.30. The molecule has 3 N–H and O–H groups in total. The van der Waals surface area contributed by atoms with Gasteiger partial charge in [0.1, 0.15) is 0 Å². The molecule has 0 bridgehead atoms. The van der Waals surface area contributed by atoms with Gasteiger partial charge in [0.15, 0.2) is 5.71 Å². The second-order valence-electron chi connectivity index (χ2n) is 1.21. The summed E-state index contributed by atoms with van der Waals surface area (Å²) in [5.74, 6) is 4.41. The van der Waals surface area contributed by atoms with Crippen LogP contribution in [0.4, 0.5) is 0 Å². The Labute approximate surface area is 45.2 Å². The number of carbonyl (C=O) groups is 1. The lowest BCUT2D eigenvalue weighted by molar-refractivity contribution is -0.114. The standard InChI is InChI=1S/C3H4N4O/c4-6-2-1-5-7-3(2)8/h1H,4H2,(H,6,7,8). The highest BCUT2D eigenvalue weighted by Crippen LogP contribution is 1.79. The third-order valence-electron chi connectivity index (χ3n) is 0.725. The first kappa shape index (κ1) is 4.76. The van der Waals surface area contributed by atoms with Crippen molar-refractivity contribution < 1.29 is 4.79 Å². The summed E-state index contributed by atoms with van der Waals surface area (Å²) in [7, 11) is 0. The zero-order chi connectivity index (χ0) is 5.98. The molecule has 0 saturated heterocycles. The van der Waals surface area contributed by atoms with E-state index in [-0.39, 0.29) is 11.6 Å².